The van der Waals surface area contributed by atoms with Crippen LogP contribution in [0, 0.1) is 4.91 Å². The first kappa shape index (κ1) is 9.95. The summed E-state index contributed by atoms with van der Waals surface area (Å²) >= 11 is 0. The predicted octanol–water partition coefficient (Wildman–Crippen LogP) is 1.64. The molecule has 1 rings (SSSR count). The molecule has 0 atom stereocenters. The summed E-state index contributed by atoms with van der Waals surface area (Å²) in [6.45, 7) is 0. The number of amides is 2. The van der Waals surface area contributed by atoms with Crippen molar-refractivity contribution in [2.75, 3.05) is 7.05 Å². The van der Waals surface area contributed by atoms with Crippen LogP contribution in [-0.4, -0.2) is 24.0 Å². The SMILES string of the molecule is CN(C(=O)NN=O)C1CCCCC1. The van der Waals surface area contributed by atoms with Gasteiger partial charge in [-0.1, -0.05) is 19.3 Å². The molecule has 0 radical (unpaired) electrons. The van der Waals surface area contributed by atoms with Crippen LogP contribution in [0.4, 0.5) is 4.79 Å². The maximum atomic E-state index is 11.2. The van der Waals surface area contributed by atoms with Gasteiger partial charge in [0.1, 0.15) is 0 Å². The van der Waals surface area contributed by atoms with Crippen LogP contribution in [0.5, 0.6) is 0 Å². The molecule has 2 amide bonds. The Labute approximate surface area is 77.4 Å². The quantitative estimate of drug-likeness (QED) is 0.525. The molecular formula is C8H15N3O2. The first-order valence-corrected chi connectivity index (χ1v) is 4.61. The van der Waals surface area contributed by atoms with Crippen LogP contribution >= 0.6 is 0 Å². The topological polar surface area (TPSA) is 61.8 Å². The highest BCUT2D eigenvalue weighted by atomic mass is 16.3. The van der Waals surface area contributed by atoms with Gasteiger partial charge in [0.2, 0.25) is 0 Å². The van der Waals surface area contributed by atoms with Crippen molar-refractivity contribution in [1.82, 2.24) is 10.3 Å². The van der Waals surface area contributed by atoms with Crippen molar-refractivity contribution in [2.45, 2.75) is 38.1 Å². The van der Waals surface area contributed by atoms with Crippen molar-refractivity contribution in [1.29, 1.82) is 0 Å². The van der Waals surface area contributed by atoms with E-state index < -0.39 is 6.03 Å². The van der Waals surface area contributed by atoms with Crippen LogP contribution in [0.3, 0.4) is 0 Å². The fourth-order valence-electron chi connectivity index (χ4n) is 1.75. The molecule has 1 aliphatic rings. The molecule has 0 aliphatic heterocycles. The van der Waals surface area contributed by atoms with Crippen LogP contribution in [0.1, 0.15) is 32.1 Å². The lowest BCUT2D eigenvalue weighted by molar-refractivity contribution is 0.174. The van der Waals surface area contributed by atoms with Crippen molar-refractivity contribution < 1.29 is 4.79 Å². The zero-order valence-corrected chi connectivity index (χ0v) is 7.82. The smallest absolute Gasteiger partial charge is 0.323 e. The predicted molar refractivity (Wildman–Crippen MR) is 49.0 cm³/mol. The molecule has 0 bridgehead atoms. The molecule has 1 aliphatic carbocycles. The average molecular weight is 185 g/mol. The van der Waals surface area contributed by atoms with Crippen molar-refractivity contribution in [3.05, 3.63) is 4.91 Å². The monoisotopic (exact) mass is 185 g/mol. The van der Waals surface area contributed by atoms with E-state index in [1.807, 2.05) is 5.43 Å². The Kier molecular flexibility index (Phi) is 3.67. The Balaban J connectivity index is 2.39. The Morgan fingerprint density at radius 2 is 2.00 bits per heavy atom. The molecule has 0 aromatic heterocycles. The van der Waals surface area contributed by atoms with Gasteiger partial charge in [0.25, 0.3) is 0 Å². The second-order valence-corrected chi connectivity index (χ2v) is 3.41. The van der Waals surface area contributed by atoms with E-state index >= 15 is 0 Å². The number of carbonyl (C=O) groups is 1. The van der Waals surface area contributed by atoms with E-state index in [0.717, 1.165) is 25.7 Å². The largest absolute Gasteiger partial charge is 0.340 e. The van der Waals surface area contributed by atoms with E-state index in [0.29, 0.717) is 0 Å². The van der Waals surface area contributed by atoms with Gasteiger partial charge in [0.15, 0.2) is 0 Å². The molecule has 1 fully saturated rings. The van der Waals surface area contributed by atoms with E-state index in [2.05, 4.69) is 5.29 Å². The van der Waals surface area contributed by atoms with Gasteiger partial charge >= 0.3 is 6.03 Å². The lowest BCUT2D eigenvalue weighted by Crippen LogP contribution is -2.42. The van der Waals surface area contributed by atoms with E-state index in [9.17, 15) is 9.70 Å². The maximum absolute atomic E-state index is 11.2. The standard InChI is InChI=1S/C8H15N3O2/c1-11(8(12)9-10-13)7-5-3-2-4-6-7/h7H,2-6H2,1H3,(H,9,12,13). The van der Waals surface area contributed by atoms with Crippen molar-refractivity contribution in [2.24, 2.45) is 5.29 Å². The van der Waals surface area contributed by atoms with Crippen molar-refractivity contribution >= 4 is 6.03 Å². The molecule has 1 N–H and O–H groups in total. The Hall–Kier alpha value is -1.13. The summed E-state index contributed by atoms with van der Waals surface area (Å²) in [5.41, 5.74) is 1.90. The molecule has 5 nitrogen and oxygen atoms in total. The number of hydrogen-bond acceptors (Lipinski definition) is 3. The van der Waals surface area contributed by atoms with Gasteiger partial charge in [-0.2, -0.15) is 5.43 Å². The summed E-state index contributed by atoms with van der Waals surface area (Å²) in [5, 5.41) is 2.36. The summed E-state index contributed by atoms with van der Waals surface area (Å²) in [7, 11) is 1.70. The van der Waals surface area contributed by atoms with Gasteiger partial charge in [-0.05, 0) is 12.8 Å². The van der Waals surface area contributed by atoms with E-state index in [1.165, 1.54) is 6.42 Å². The normalized spacial score (nSPS) is 17.9. The first-order chi connectivity index (χ1) is 6.25. The third-order valence-corrected chi connectivity index (χ3v) is 2.58. The first-order valence-electron chi connectivity index (χ1n) is 4.61. The molecular weight excluding hydrogens is 170 g/mol. The molecule has 0 spiro atoms. The van der Waals surface area contributed by atoms with Crippen molar-refractivity contribution in [3.8, 4) is 0 Å². The molecule has 13 heavy (non-hydrogen) atoms. The van der Waals surface area contributed by atoms with Gasteiger partial charge in [0.05, 0.1) is 5.29 Å². The second-order valence-electron chi connectivity index (χ2n) is 3.41. The molecule has 74 valence electrons. The zero-order valence-electron chi connectivity index (χ0n) is 7.82. The number of rotatable bonds is 2. The fourth-order valence-corrected chi connectivity index (χ4v) is 1.75. The van der Waals surface area contributed by atoms with E-state index in [4.69, 9.17) is 0 Å². The maximum Gasteiger partial charge on any atom is 0.340 e. The number of nitrogens with one attached hydrogen (secondary N) is 1. The van der Waals surface area contributed by atoms with E-state index in [-0.39, 0.29) is 6.04 Å². The molecule has 0 heterocycles. The number of nitroso groups, excluding NO2 is 1. The Morgan fingerprint density at radius 3 is 2.54 bits per heavy atom. The number of hydrogen-bond donors (Lipinski definition) is 1. The minimum atomic E-state index is -0.401. The molecule has 1 saturated carbocycles. The molecule has 0 unspecified atom stereocenters. The highest BCUT2D eigenvalue weighted by molar-refractivity contribution is 5.73. The molecule has 0 saturated heterocycles. The number of urea groups is 1. The van der Waals surface area contributed by atoms with Crippen LogP contribution in [0.25, 0.3) is 0 Å². The lowest BCUT2D eigenvalue weighted by atomic mass is 9.95. The highest BCUT2D eigenvalue weighted by Crippen LogP contribution is 2.21. The van der Waals surface area contributed by atoms with Crippen LogP contribution in [0.15, 0.2) is 5.29 Å². The van der Waals surface area contributed by atoms with Gasteiger partial charge in [-0.15, -0.1) is 4.91 Å². The van der Waals surface area contributed by atoms with E-state index in [1.54, 1.807) is 11.9 Å². The molecule has 0 aromatic carbocycles. The zero-order chi connectivity index (χ0) is 9.68. The Morgan fingerprint density at radius 1 is 1.38 bits per heavy atom. The summed E-state index contributed by atoms with van der Waals surface area (Å²) in [6, 6.07) is -0.127. The fraction of sp³-hybridized carbons (Fsp3) is 0.875. The van der Waals surface area contributed by atoms with Gasteiger partial charge < -0.3 is 4.90 Å². The summed E-state index contributed by atoms with van der Waals surface area (Å²) in [4.78, 5) is 22.5. The minimum Gasteiger partial charge on any atom is -0.323 e. The Bertz CT molecular complexity index is 190. The average Bonchev–Trinajstić information content (AvgIpc) is 2.18. The molecule has 5 heteroatoms. The van der Waals surface area contributed by atoms with Crippen LogP contribution < -0.4 is 5.43 Å². The number of carbonyl (C=O) groups excluding carboxylic acids is 1. The number of nitrogens with zero attached hydrogens (tertiary/aromatic N) is 2. The van der Waals surface area contributed by atoms with Crippen LogP contribution in [-0.2, 0) is 0 Å². The third-order valence-electron chi connectivity index (χ3n) is 2.58. The minimum absolute atomic E-state index is 0.274. The molecule has 0 aromatic rings. The third kappa shape index (κ3) is 2.68. The van der Waals surface area contributed by atoms with Gasteiger partial charge in [0, 0.05) is 13.1 Å². The summed E-state index contributed by atoms with van der Waals surface area (Å²) < 4.78 is 0. The summed E-state index contributed by atoms with van der Waals surface area (Å²) in [5.74, 6) is 0. The van der Waals surface area contributed by atoms with Crippen molar-refractivity contribution in [3.63, 3.8) is 0 Å². The summed E-state index contributed by atoms with van der Waals surface area (Å²) in [6.07, 6.45) is 5.64. The second kappa shape index (κ2) is 4.79. The van der Waals surface area contributed by atoms with Crippen LogP contribution in [0.2, 0.25) is 0 Å². The van der Waals surface area contributed by atoms with Gasteiger partial charge in [-0.25, -0.2) is 4.79 Å². The van der Waals surface area contributed by atoms with Gasteiger partial charge in [-0.3, -0.25) is 0 Å². The lowest BCUT2D eigenvalue weighted by Gasteiger charge is -2.30. The highest BCUT2D eigenvalue weighted by Gasteiger charge is 2.21.